The van der Waals surface area contributed by atoms with Crippen molar-refractivity contribution in [1.29, 1.82) is 0 Å². The van der Waals surface area contributed by atoms with Crippen molar-refractivity contribution in [2.24, 2.45) is 5.92 Å². The molecule has 3 fully saturated rings. The Kier molecular flexibility index (Phi) is 5.14. The smallest absolute Gasteiger partial charge is 0.0124 e. The summed E-state index contributed by atoms with van der Waals surface area (Å²) in [6.07, 6.45) is 10.2. The highest BCUT2D eigenvalue weighted by Crippen LogP contribution is 2.34. The predicted octanol–water partition coefficient (Wildman–Crippen LogP) is 1.94. The van der Waals surface area contributed by atoms with E-state index in [0.717, 1.165) is 12.0 Å². The Balaban J connectivity index is 1.47. The molecule has 2 saturated heterocycles. The van der Waals surface area contributed by atoms with Gasteiger partial charge in [-0.15, -0.1) is 0 Å². The number of piperidine rings is 1. The van der Waals surface area contributed by atoms with Gasteiger partial charge in [0.2, 0.25) is 0 Å². The first-order valence-electron chi connectivity index (χ1n) is 8.60. The van der Waals surface area contributed by atoms with Crippen LogP contribution in [0.3, 0.4) is 0 Å². The van der Waals surface area contributed by atoms with Gasteiger partial charge in [0, 0.05) is 32.2 Å². The van der Waals surface area contributed by atoms with Crippen LogP contribution in [0.15, 0.2) is 0 Å². The summed E-state index contributed by atoms with van der Waals surface area (Å²) in [5.74, 6) is 1.04. The topological polar surface area (TPSA) is 18.5 Å². The lowest BCUT2D eigenvalue weighted by Gasteiger charge is -2.44. The monoisotopic (exact) mass is 265 g/mol. The minimum absolute atomic E-state index is 0.938. The van der Waals surface area contributed by atoms with Gasteiger partial charge in [0.25, 0.3) is 0 Å². The number of likely N-dealkylation sites (tertiary alicyclic amines) is 1. The molecule has 3 aliphatic rings. The summed E-state index contributed by atoms with van der Waals surface area (Å²) in [5.41, 5.74) is 0. The van der Waals surface area contributed by atoms with Crippen LogP contribution < -0.4 is 5.32 Å². The summed E-state index contributed by atoms with van der Waals surface area (Å²) in [4.78, 5) is 5.51. The Hall–Kier alpha value is -0.120. The van der Waals surface area contributed by atoms with Crippen LogP contribution in [0.1, 0.15) is 44.9 Å². The van der Waals surface area contributed by atoms with Gasteiger partial charge in [0.05, 0.1) is 0 Å². The Morgan fingerprint density at radius 3 is 2.68 bits per heavy atom. The molecule has 3 rings (SSSR count). The summed E-state index contributed by atoms with van der Waals surface area (Å²) in [6, 6.07) is 0.938. The van der Waals surface area contributed by atoms with Crippen molar-refractivity contribution in [2.45, 2.75) is 51.0 Å². The highest BCUT2D eigenvalue weighted by Gasteiger charge is 2.32. The van der Waals surface area contributed by atoms with Crippen LogP contribution in [0.2, 0.25) is 0 Å². The lowest BCUT2D eigenvalue weighted by atomic mass is 9.78. The fraction of sp³-hybridized carbons (Fsp3) is 1.00. The number of nitrogens with one attached hydrogen (secondary N) is 1. The van der Waals surface area contributed by atoms with E-state index >= 15 is 0 Å². The molecular formula is C16H31N3. The van der Waals surface area contributed by atoms with Crippen LogP contribution in [-0.4, -0.2) is 61.7 Å². The lowest BCUT2D eigenvalue weighted by molar-refractivity contribution is 0.0526. The van der Waals surface area contributed by atoms with Gasteiger partial charge in [-0.3, -0.25) is 4.90 Å². The summed E-state index contributed by atoms with van der Waals surface area (Å²) < 4.78 is 0. The molecule has 2 aliphatic heterocycles. The molecule has 0 aromatic rings. The SMILES string of the molecule is C1CCC2C(C1)CCCN2CCN1CCCNCC1. The molecule has 0 amide bonds. The zero-order valence-electron chi connectivity index (χ0n) is 12.4. The second-order valence-electron chi connectivity index (χ2n) is 6.74. The van der Waals surface area contributed by atoms with E-state index in [4.69, 9.17) is 0 Å². The van der Waals surface area contributed by atoms with Crippen LogP contribution >= 0.6 is 0 Å². The van der Waals surface area contributed by atoms with E-state index in [9.17, 15) is 0 Å². The van der Waals surface area contributed by atoms with Gasteiger partial charge >= 0.3 is 0 Å². The van der Waals surface area contributed by atoms with Crippen LogP contribution in [0.5, 0.6) is 0 Å². The summed E-state index contributed by atoms with van der Waals surface area (Å²) >= 11 is 0. The van der Waals surface area contributed by atoms with E-state index in [1.54, 1.807) is 0 Å². The number of fused-ring (bicyclic) bond motifs is 1. The molecular weight excluding hydrogens is 234 g/mol. The standard InChI is InChI=1S/C16H31N3/c1-2-7-16-15(5-1)6-3-11-19(16)14-13-18-10-4-8-17-9-12-18/h15-17H,1-14H2. The molecule has 2 atom stereocenters. The first-order valence-corrected chi connectivity index (χ1v) is 8.60. The van der Waals surface area contributed by atoms with Crippen molar-refractivity contribution in [2.75, 3.05) is 45.8 Å². The third kappa shape index (κ3) is 3.71. The Morgan fingerprint density at radius 2 is 1.68 bits per heavy atom. The third-order valence-electron chi connectivity index (χ3n) is 5.49. The van der Waals surface area contributed by atoms with E-state index in [-0.39, 0.29) is 0 Å². The van der Waals surface area contributed by atoms with Crippen molar-refractivity contribution in [3.63, 3.8) is 0 Å². The molecule has 0 bridgehead atoms. The lowest BCUT2D eigenvalue weighted by Crippen LogP contribution is -2.49. The van der Waals surface area contributed by atoms with Crippen LogP contribution in [0.25, 0.3) is 0 Å². The quantitative estimate of drug-likeness (QED) is 0.841. The average Bonchev–Trinajstić information content (AvgIpc) is 2.74. The van der Waals surface area contributed by atoms with Crippen molar-refractivity contribution in [3.8, 4) is 0 Å². The maximum Gasteiger partial charge on any atom is 0.0124 e. The molecule has 0 radical (unpaired) electrons. The predicted molar refractivity (Wildman–Crippen MR) is 80.5 cm³/mol. The van der Waals surface area contributed by atoms with Gasteiger partial charge < -0.3 is 10.2 Å². The molecule has 0 spiro atoms. The number of rotatable bonds is 3. The Labute approximate surface area is 118 Å². The van der Waals surface area contributed by atoms with Gasteiger partial charge in [-0.1, -0.05) is 12.8 Å². The zero-order chi connectivity index (χ0) is 12.9. The van der Waals surface area contributed by atoms with Crippen LogP contribution in [-0.2, 0) is 0 Å². The highest BCUT2D eigenvalue weighted by atomic mass is 15.2. The summed E-state index contributed by atoms with van der Waals surface area (Å²) in [6.45, 7) is 8.94. The van der Waals surface area contributed by atoms with Gasteiger partial charge in [-0.25, -0.2) is 0 Å². The minimum Gasteiger partial charge on any atom is -0.315 e. The number of hydrogen-bond donors (Lipinski definition) is 1. The minimum atomic E-state index is 0.938. The number of hydrogen-bond acceptors (Lipinski definition) is 3. The first-order chi connectivity index (χ1) is 9.43. The van der Waals surface area contributed by atoms with Gasteiger partial charge in [-0.05, 0) is 57.7 Å². The number of nitrogens with zero attached hydrogens (tertiary/aromatic N) is 2. The van der Waals surface area contributed by atoms with Crippen molar-refractivity contribution >= 4 is 0 Å². The van der Waals surface area contributed by atoms with E-state index < -0.39 is 0 Å². The third-order valence-corrected chi connectivity index (χ3v) is 5.49. The largest absolute Gasteiger partial charge is 0.315 e. The molecule has 0 aromatic heterocycles. The van der Waals surface area contributed by atoms with E-state index in [0.29, 0.717) is 0 Å². The fourth-order valence-corrected chi connectivity index (χ4v) is 4.40. The molecule has 2 heterocycles. The van der Waals surface area contributed by atoms with Crippen LogP contribution in [0, 0.1) is 5.92 Å². The van der Waals surface area contributed by atoms with E-state index in [1.807, 2.05) is 0 Å². The molecule has 110 valence electrons. The summed E-state index contributed by atoms with van der Waals surface area (Å²) in [7, 11) is 0. The highest BCUT2D eigenvalue weighted by molar-refractivity contribution is 4.87. The molecule has 0 aromatic carbocycles. The van der Waals surface area contributed by atoms with Crippen LogP contribution in [0.4, 0.5) is 0 Å². The molecule has 19 heavy (non-hydrogen) atoms. The van der Waals surface area contributed by atoms with Crippen molar-refractivity contribution in [1.82, 2.24) is 15.1 Å². The first kappa shape index (κ1) is 13.8. The van der Waals surface area contributed by atoms with E-state index in [1.165, 1.54) is 90.8 Å². The maximum atomic E-state index is 3.51. The van der Waals surface area contributed by atoms with Gasteiger partial charge in [-0.2, -0.15) is 0 Å². The second kappa shape index (κ2) is 7.05. The normalized spacial score (nSPS) is 34.7. The molecule has 2 unspecified atom stereocenters. The molecule has 1 aliphatic carbocycles. The van der Waals surface area contributed by atoms with Crippen molar-refractivity contribution < 1.29 is 0 Å². The zero-order valence-corrected chi connectivity index (χ0v) is 12.4. The molecule has 3 heteroatoms. The van der Waals surface area contributed by atoms with Gasteiger partial charge in [0.1, 0.15) is 0 Å². The van der Waals surface area contributed by atoms with Gasteiger partial charge in [0.15, 0.2) is 0 Å². The van der Waals surface area contributed by atoms with E-state index in [2.05, 4.69) is 15.1 Å². The second-order valence-corrected chi connectivity index (χ2v) is 6.74. The fourth-order valence-electron chi connectivity index (χ4n) is 4.40. The molecule has 1 N–H and O–H groups in total. The maximum absolute atomic E-state index is 3.51. The molecule has 1 saturated carbocycles. The van der Waals surface area contributed by atoms with Crippen molar-refractivity contribution in [3.05, 3.63) is 0 Å². The summed E-state index contributed by atoms with van der Waals surface area (Å²) in [5, 5.41) is 3.51. The Bertz CT molecular complexity index is 259. The average molecular weight is 265 g/mol. The molecule has 3 nitrogen and oxygen atoms in total. The Morgan fingerprint density at radius 1 is 0.789 bits per heavy atom.